The minimum atomic E-state index is -4.70. The second-order valence-corrected chi connectivity index (χ2v) is 17.9. The van der Waals surface area contributed by atoms with E-state index in [9.17, 15) is 29.1 Å². The molecule has 14 heteroatoms. The van der Waals surface area contributed by atoms with E-state index in [1.165, 1.54) is 0 Å². The number of urea groups is 3. The lowest BCUT2D eigenvalue weighted by atomic mass is 10.3. The van der Waals surface area contributed by atoms with Crippen LogP contribution in [0.4, 0.5) is 31.4 Å². The molecule has 0 aromatic heterocycles. The van der Waals surface area contributed by atoms with Gasteiger partial charge in [-0.3, -0.25) is 0 Å². The van der Waals surface area contributed by atoms with Crippen LogP contribution in [0.15, 0.2) is 87.5 Å². The molecule has 6 N–H and O–H groups in total. The summed E-state index contributed by atoms with van der Waals surface area (Å²) in [6.45, 7) is 9.86. The van der Waals surface area contributed by atoms with Gasteiger partial charge < -0.3 is 45.3 Å². The highest BCUT2D eigenvalue weighted by atomic mass is 32.6. The van der Waals surface area contributed by atoms with Crippen LogP contribution in [0.2, 0.25) is 0 Å². The molecule has 0 fully saturated rings. The van der Waals surface area contributed by atoms with Crippen LogP contribution in [0.5, 0.6) is 0 Å². The molecule has 0 saturated carbocycles. The first-order valence-corrected chi connectivity index (χ1v) is 20.0. The molecule has 0 spiro atoms. The van der Waals surface area contributed by atoms with Gasteiger partial charge in [-0.1, -0.05) is 0 Å². The van der Waals surface area contributed by atoms with Crippen LogP contribution < -0.4 is 16.0 Å². The van der Waals surface area contributed by atoms with E-state index < -0.39 is 15.9 Å². The van der Waals surface area contributed by atoms with Crippen molar-refractivity contribution in [2.24, 2.45) is 0 Å². The molecule has 6 amide bonds. The van der Waals surface area contributed by atoms with Crippen molar-refractivity contribution in [2.75, 3.05) is 55.2 Å². The summed E-state index contributed by atoms with van der Waals surface area (Å²) in [5.74, 6) is 0. The third-order valence-electron chi connectivity index (χ3n) is 8.03. The zero-order valence-electron chi connectivity index (χ0n) is 28.0. The van der Waals surface area contributed by atoms with E-state index in [4.69, 9.17) is 0 Å². The smallest absolute Gasteiger partial charge is 0.321 e. The molecule has 0 bridgehead atoms. The highest BCUT2D eigenvalue weighted by molar-refractivity contribution is 8.39. The van der Waals surface area contributed by atoms with E-state index in [1.807, 2.05) is 41.5 Å². The first kappa shape index (κ1) is 37.6. The van der Waals surface area contributed by atoms with Crippen molar-refractivity contribution < 1.29 is 29.1 Å². The Bertz CT molecular complexity index is 1400. The summed E-state index contributed by atoms with van der Waals surface area (Å²) >= 11 is 0. The summed E-state index contributed by atoms with van der Waals surface area (Å²) in [5, 5.41) is 8.59. The van der Waals surface area contributed by atoms with Gasteiger partial charge in [0, 0.05) is 56.3 Å². The molecule has 3 aromatic carbocycles. The topological polar surface area (TPSA) is 158 Å². The Morgan fingerprint density at radius 3 is 0.872 bits per heavy atom. The predicted octanol–water partition coefficient (Wildman–Crippen LogP) is 6.33. The molecule has 0 aliphatic rings. The molecular formula is C33H49N6O6PS. The standard InChI is InChI=1S/C33H49N6O6PS/c1-7-37(8-2)31(40)34-25-13-19-28(20-14-25)47(46(43,44)45,29-21-15-26(16-22-29)35-32(41)38(9-3)10-4)30-23-17-27(18-24-30)36-33(42)39(11-5)12-6/h13-24,43-45,47H,7-12H2,1-6H3,(H,34,40)(H,35,41)(H,36,42). The molecule has 0 heterocycles. The monoisotopic (exact) mass is 688 g/mol. The summed E-state index contributed by atoms with van der Waals surface area (Å²) in [5.41, 5.74) is 1.52. The lowest BCUT2D eigenvalue weighted by Gasteiger charge is -2.36. The lowest BCUT2D eigenvalue weighted by Crippen LogP contribution is -2.34. The van der Waals surface area contributed by atoms with Crippen molar-refractivity contribution >= 4 is 51.1 Å². The average molecular weight is 689 g/mol. The Morgan fingerprint density at radius 2 is 0.702 bits per heavy atom. The third-order valence-corrected chi connectivity index (χ3v) is 16.5. The summed E-state index contributed by atoms with van der Waals surface area (Å²) < 4.78 is 0. The van der Waals surface area contributed by atoms with Gasteiger partial charge in [-0.05, 0) is 129 Å². The number of hydrogen-bond donors (Lipinski definition) is 7. The highest BCUT2D eigenvalue weighted by Crippen LogP contribution is 2.57. The average Bonchev–Trinajstić information content (AvgIpc) is 3.04. The number of hydrogen-bond acceptors (Lipinski definition) is 3. The highest BCUT2D eigenvalue weighted by Gasteiger charge is 2.32. The Balaban J connectivity index is 2.17. The minimum absolute atomic E-state index is 0.262. The molecule has 3 rings (SSSR count). The fourth-order valence-electron chi connectivity index (χ4n) is 5.33. The minimum Gasteiger partial charge on any atom is -0.329 e. The molecule has 3 aromatic rings. The maximum absolute atomic E-state index is 12.7. The van der Waals surface area contributed by atoms with E-state index in [0.29, 0.717) is 71.0 Å². The number of carbonyl (C=O) groups excluding carboxylic acids is 3. The molecule has 0 saturated heterocycles. The van der Waals surface area contributed by atoms with Gasteiger partial charge in [0.2, 0.25) is 0 Å². The number of nitrogens with one attached hydrogen (secondary N) is 3. The molecule has 0 aliphatic carbocycles. The molecular weight excluding hydrogens is 639 g/mol. The van der Waals surface area contributed by atoms with E-state index >= 15 is 0 Å². The van der Waals surface area contributed by atoms with Crippen LogP contribution in [0.25, 0.3) is 0 Å². The normalized spacial score (nSPS) is 11.8. The molecule has 0 atom stereocenters. The summed E-state index contributed by atoms with van der Waals surface area (Å²) in [7, 11) is -3.58. The molecule has 0 radical (unpaired) electrons. The Kier molecular flexibility index (Phi) is 13.4. The number of anilines is 3. The van der Waals surface area contributed by atoms with Gasteiger partial charge in [-0.2, -0.15) is 0 Å². The maximum atomic E-state index is 12.7. The van der Waals surface area contributed by atoms with Crippen LogP contribution in [-0.4, -0.2) is 86.7 Å². The number of rotatable bonds is 12. The lowest BCUT2D eigenvalue weighted by molar-refractivity contribution is 0.216. The van der Waals surface area contributed by atoms with E-state index in [1.54, 1.807) is 87.5 Å². The largest absolute Gasteiger partial charge is 0.329 e. The van der Waals surface area contributed by atoms with Crippen molar-refractivity contribution in [3.63, 3.8) is 0 Å². The van der Waals surface area contributed by atoms with Gasteiger partial charge in [0.05, 0.1) is 0 Å². The van der Waals surface area contributed by atoms with Gasteiger partial charge in [0.15, 0.2) is 0 Å². The van der Waals surface area contributed by atoms with Gasteiger partial charge in [0.25, 0.3) is 6.72 Å². The Hall–Kier alpha value is -3.87. The van der Waals surface area contributed by atoms with Crippen molar-refractivity contribution in [1.82, 2.24) is 14.7 Å². The summed E-state index contributed by atoms with van der Waals surface area (Å²) in [6, 6.07) is 19.3. The fraction of sp³-hybridized carbons (Fsp3) is 0.364. The first-order chi connectivity index (χ1) is 22.4. The van der Waals surface area contributed by atoms with E-state index in [-0.39, 0.29) is 18.1 Å². The molecule has 0 unspecified atom stereocenters. The van der Waals surface area contributed by atoms with Crippen molar-refractivity contribution in [1.29, 1.82) is 0 Å². The SMILES string of the molecule is CCN(CC)C(=O)Nc1ccc([SH](c2ccc(NC(=O)N(CC)CC)cc2)(c2ccc(NC(=O)N(CC)CC)cc2)=P(O)(O)O)cc1. The van der Waals surface area contributed by atoms with Crippen molar-refractivity contribution in [3.8, 4) is 0 Å². The number of thiol groups is 1. The van der Waals surface area contributed by atoms with Crippen molar-refractivity contribution in [2.45, 2.75) is 56.2 Å². The second-order valence-electron chi connectivity index (χ2n) is 10.6. The maximum Gasteiger partial charge on any atom is 0.321 e. The van der Waals surface area contributed by atoms with Gasteiger partial charge in [0.1, 0.15) is 0 Å². The van der Waals surface area contributed by atoms with Crippen LogP contribution in [0.3, 0.4) is 0 Å². The quantitative estimate of drug-likeness (QED) is 0.0871. The van der Waals surface area contributed by atoms with Crippen LogP contribution in [-0.2, 0) is 9.21 Å². The van der Waals surface area contributed by atoms with Crippen molar-refractivity contribution in [3.05, 3.63) is 72.8 Å². The summed E-state index contributed by atoms with van der Waals surface area (Å²) in [4.78, 5) is 78.5. The predicted molar refractivity (Wildman–Crippen MR) is 192 cm³/mol. The third kappa shape index (κ3) is 8.54. The molecule has 0 aliphatic heterocycles. The Morgan fingerprint density at radius 1 is 0.489 bits per heavy atom. The van der Waals surface area contributed by atoms with Crippen LogP contribution in [0, 0.1) is 0 Å². The van der Waals surface area contributed by atoms with E-state index in [2.05, 4.69) is 16.0 Å². The Labute approximate surface area is 278 Å². The molecule has 12 nitrogen and oxygen atoms in total. The second kappa shape index (κ2) is 16.8. The van der Waals surface area contributed by atoms with Gasteiger partial charge in [-0.15, -0.1) is 9.21 Å². The number of amides is 6. The number of nitrogens with zero attached hydrogens (tertiary/aromatic N) is 3. The number of carbonyl (C=O) groups is 3. The first-order valence-electron chi connectivity index (χ1n) is 15.9. The van der Waals surface area contributed by atoms with E-state index in [0.717, 1.165) is 0 Å². The van der Waals surface area contributed by atoms with Gasteiger partial charge in [-0.25, -0.2) is 14.4 Å². The zero-order chi connectivity index (χ0) is 34.8. The summed E-state index contributed by atoms with van der Waals surface area (Å²) in [6.07, 6.45) is 0. The molecule has 258 valence electrons. The number of benzene rings is 3. The van der Waals surface area contributed by atoms with Crippen LogP contribution in [0.1, 0.15) is 41.5 Å². The molecule has 47 heavy (non-hydrogen) atoms. The van der Waals surface area contributed by atoms with Crippen LogP contribution >= 0.6 is 6.72 Å². The zero-order valence-corrected chi connectivity index (χ0v) is 29.8. The van der Waals surface area contributed by atoms with Gasteiger partial charge >= 0.3 is 18.1 Å². The fourth-order valence-corrected chi connectivity index (χ4v) is 12.9.